The Balaban J connectivity index is 0. The van der Waals surface area contributed by atoms with Gasteiger partial charge in [0, 0.05) is 0 Å². The van der Waals surface area contributed by atoms with Gasteiger partial charge in [0.05, 0.1) is 0 Å². The van der Waals surface area contributed by atoms with E-state index in [-0.39, 0.29) is 0 Å². The zero-order valence-electron chi connectivity index (χ0n) is 7.45. The van der Waals surface area contributed by atoms with E-state index in [2.05, 4.69) is 50.3 Å². The van der Waals surface area contributed by atoms with Crippen LogP contribution in [-0.4, -0.2) is 0 Å². The molecule has 12 heavy (non-hydrogen) atoms. The van der Waals surface area contributed by atoms with Crippen LogP contribution in [0.3, 0.4) is 0 Å². The molecule has 0 unspecified atom stereocenters. The van der Waals surface area contributed by atoms with Gasteiger partial charge in [0.2, 0.25) is 0 Å². The molecule has 0 spiro atoms. The van der Waals surface area contributed by atoms with Gasteiger partial charge >= 0.3 is 0 Å². The predicted octanol–water partition coefficient (Wildman–Crippen LogP) is 3.50. The topological polar surface area (TPSA) is 0 Å². The Morgan fingerprint density at radius 3 is 1.17 bits per heavy atom. The molecule has 0 amide bonds. The Morgan fingerprint density at radius 1 is 0.833 bits per heavy atom. The molecule has 0 saturated carbocycles. The zero-order chi connectivity index (χ0) is 9.66. The van der Waals surface area contributed by atoms with E-state index in [4.69, 9.17) is 0 Å². The summed E-state index contributed by atoms with van der Waals surface area (Å²) in [6.45, 7) is 6.72. The van der Waals surface area contributed by atoms with Crippen LogP contribution in [0, 0.1) is 12.8 Å². The van der Waals surface area contributed by atoms with Crippen LogP contribution in [0.5, 0.6) is 0 Å². The van der Waals surface area contributed by atoms with Crippen molar-refractivity contribution in [2.45, 2.75) is 12.8 Å². The van der Waals surface area contributed by atoms with Crippen LogP contribution in [0.2, 0.25) is 0 Å². The lowest BCUT2D eigenvalue weighted by atomic mass is 10.2. The lowest BCUT2D eigenvalue weighted by Crippen LogP contribution is -1.66. The van der Waals surface area contributed by atoms with E-state index in [1.807, 2.05) is 0 Å². The minimum absolute atomic E-state index is 1.14. The molecule has 0 fully saturated rings. The van der Waals surface area contributed by atoms with Crippen molar-refractivity contribution in [2.24, 2.45) is 0 Å². The Bertz CT molecular complexity index is 142. The summed E-state index contributed by atoms with van der Waals surface area (Å²) >= 11 is 0. The van der Waals surface area contributed by atoms with Gasteiger partial charge in [-0.1, -0.05) is 49.6 Å². The van der Waals surface area contributed by atoms with E-state index < -0.39 is 0 Å². The molecule has 1 aliphatic carbocycles. The van der Waals surface area contributed by atoms with Crippen LogP contribution in [0.1, 0.15) is 12.8 Å². The van der Waals surface area contributed by atoms with Crippen molar-refractivity contribution in [3.05, 3.63) is 49.6 Å². The van der Waals surface area contributed by atoms with E-state index in [0.29, 0.717) is 0 Å². The molecule has 0 bridgehead atoms. The van der Waals surface area contributed by atoms with E-state index in [9.17, 15) is 0 Å². The summed E-state index contributed by atoms with van der Waals surface area (Å²) in [7, 11) is 0. The predicted molar refractivity (Wildman–Crippen MR) is 57.8 cm³/mol. The van der Waals surface area contributed by atoms with Crippen LogP contribution in [-0.2, 0) is 0 Å². The van der Waals surface area contributed by atoms with Gasteiger partial charge in [0.15, 0.2) is 0 Å². The average Bonchev–Trinajstić information content (AvgIpc) is 2.24. The molecular weight excluding hydrogens is 144 g/mol. The Kier molecular flexibility index (Phi) is 17.8. The van der Waals surface area contributed by atoms with E-state index in [0.717, 1.165) is 12.8 Å². The lowest BCUT2D eigenvalue weighted by Gasteiger charge is -1.87. The van der Waals surface area contributed by atoms with Gasteiger partial charge in [-0.05, 0) is 12.8 Å². The molecule has 0 heterocycles. The second-order valence-corrected chi connectivity index (χ2v) is 1.89. The quantitative estimate of drug-likeness (QED) is 0.313. The third-order valence-electron chi connectivity index (χ3n) is 1.04. The molecule has 1 aliphatic rings. The standard InChI is InChI=1S/C6H8.C4H6.C2H2/c1-2-4-6-5-3-1;1-3-4-2;1-2/h1-2,5-6H,3-4H2;3-4H,1-2H2;1-2H. The molecule has 0 aromatic carbocycles. The average molecular weight is 160 g/mol. The highest BCUT2D eigenvalue weighted by atomic mass is 13.8. The van der Waals surface area contributed by atoms with Crippen LogP contribution in [0.15, 0.2) is 49.6 Å². The second-order valence-electron chi connectivity index (χ2n) is 1.89. The summed E-state index contributed by atoms with van der Waals surface area (Å²) < 4.78 is 0. The van der Waals surface area contributed by atoms with Crippen LogP contribution in [0.25, 0.3) is 0 Å². The van der Waals surface area contributed by atoms with E-state index in [1.54, 1.807) is 12.2 Å². The van der Waals surface area contributed by atoms with Crippen molar-refractivity contribution in [3.63, 3.8) is 0 Å². The first-order chi connectivity index (χ1) is 5.91. The van der Waals surface area contributed by atoms with Crippen LogP contribution < -0.4 is 0 Å². The molecule has 64 valence electrons. The normalized spacial score (nSPS) is 11.2. The van der Waals surface area contributed by atoms with Crippen molar-refractivity contribution in [3.8, 4) is 12.8 Å². The van der Waals surface area contributed by atoms with Crippen LogP contribution >= 0.6 is 0 Å². The molecule has 0 N–H and O–H groups in total. The van der Waals surface area contributed by atoms with E-state index >= 15 is 0 Å². The highest BCUT2D eigenvalue weighted by Gasteiger charge is 1.76. The lowest BCUT2D eigenvalue weighted by molar-refractivity contribution is 1.23. The highest BCUT2D eigenvalue weighted by Crippen LogP contribution is 1.97. The minimum atomic E-state index is 1.14. The Morgan fingerprint density at radius 2 is 1.08 bits per heavy atom. The maximum atomic E-state index is 4.00. The van der Waals surface area contributed by atoms with Crippen molar-refractivity contribution in [1.29, 1.82) is 0 Å². The fraction of sp³-hybridized carbons (Fsp3) is 0.167. The first-order valence-electron chi connectivity index (χ1n) is 3.78. The van der Waals surface area contributed by atoms with Crippen molar-refractivity contribution < 1.29 is 0 Å². The maximum absolute atomic E-state index is 4.00. The molecule has 0 aromatic rings. The Labute approximate surface area is 76.0 Å². The van der Waals surface area contributed by atoms with Gasteiger partial charge in [-0.15, -0.1) is 12.8 Å². The zero-order valence-corrected chi connectivity index (χ0v) is 7.45. The van der Waals surface area contributed by atoms with Crippen molar-refractivity contribution >= 4 is 0 Å². The summed E-state index contributed by atoms with van der Waals surface area (Å²) in [5.74, 6) is 0. The van der Waals surface area contributed by atoms with Gasteiger partial charge in [0.25, 0.3) is 0 Å². The second kappa shape index (κ2) is 16.3. The monoisotopic (exact) mass is 160 g/mol. The SMILES string of the molecule is C#C.C1=CCC=CC1.C=CC=C. The number of allylic oxidation sites excluding steroid dienone is 6. The largest absolute Gasteiger partial charge is 0.124 e. The van der Waals surface area contributed by atoms with Gasteiger partial charge in [-0.2, -0.15) is 0 Å². The van der Waals surface area contributed by atoms with Crippen LogP contribution in [0.4, 0.5) is 0 Å². The molecule has 1 rings (SSSR count). The molecular formula is C12H16. The van der Waals surface area contributed by atoms with Gasteiger partial charge in [-0.3, -0.25) is 0 Å². The maximum Gasteiger partial charge on any atom is -0.0169 e. The fourth-order valence-corrected chi connectivity index (χ4v) is 0.542. The summed E-state index contributed by atoms with van der Waals surface area (Å²) in [5, 5.41) is 0. The number of terminal acetylenes is 1. The number of rotatable bonds is 1. The van der Waals surface area contributed by atoms with E-state index in [1.165, 1.54) is 0 Å². The van der Waals surface area contributed by atoms with Gasteiger partial charge in [-0.25, -0.2) is 0 Å². The third kappa shape index (κ3) is 15.8. The minimum Gasteiger partial charge on any atom is -0.124 e. The molecule has 0 radical (unpaired) electrons. The smallest absolute Gasteiger partial charge is 0.0169 e. The molecule has 0 saturated heterocycles. The van der Waals surface area contributed by atoms with Crippen molar-refractivity contribution in [2.75, 3.05) is 0 Å². The summed E-state index contributed by atoms with van der Waals surface area (Å²) in [6, 6.07) is 0. The fourth-order valence-electron chi connectivity index (χ4n) is 0.542. The molecule has 0 aliphatic heterocycles. The highest BCUT2D eigenvalue weighted by molar-refractivity contribution is 5.02. The molecule has 0 aromatic heterocycles. The first-order valence-corrected chi connectivity index (χ1v) is 3.78. The molecule has 0 heteroatoms. The molecule has 0 atom stereocenters. The van der Waals surface area contributed by atoms with Crippen molar-refractivity contribution in [1.82, 2.24) is 0 Å². The Hall–Kier alpha value is -1.48. The summed E-state index contributed by atoms with van der Waals surface area (Å²) in [5.41, 5.74) is 0. The number of hydrogen-bond donors (Lipinski definition) is 0. The summed E-state index contributed by atoms with van der Waals surface area (Å²) in [6.07, 6.45) is 22.3. The van der Waals surface area contributed by atoms with Gasteiger partial charge in [0.1, 0.15) is 0 Å². The first kappa shape index (κ1) is 13.1. The third-order valence-corrected chi connectivity index (χ3v) is 1.04. The summed E-state index contributed by atoms with van der Waals surface area (Å²) in [4.78, 5) is 0. The molecule has 0 nitrogen and oxygen atoms in total. The number of hydrogen-bond acceptors (Lipinski definition) is 0. The van der Waals surface area contributed by atoms with Gasteiger partial charge < -0.3 is 0 Å².